The van der Waals surface area contributed by atoms with Gasteiger partial charge >= 0.3 is 0 Å². The molecule has 0 atom stereocenters. The molecule has 0 fully saturated rings. The summed E-state index contributed by atoms with van der Waals surface area (Å²) in [7, 11) is 0. The molecule has 0 heterocycles. The molecule has 0 aromatic heterocycles. The highest BCUT2D eigenvalue weighted by Crippen LogP contribution is 2.19. The maximum absolute atomic E-state index is 13.2. The van der Waals surface area contributed by atoms with Crippen molar-refractivity contribution in [1.29, 1.82) is 0 Å². The van der Waals surface area contributed by atoms with Gasteiger partial charge in [-0.3, -0.25) is 0 Å². The average Bonchev–Trinajstić information content (AvgIpc) is 2.18. The van der Waals surface area contributed by atoms with E-state index in [0.717, 1.165) is 11.8 Å². The van der Waals surface area contributed by atoms with Crippen molar-refractivity contribution in [2.45, 2.75) is 13.3 Å². The van der Waals surface area contributed by atoms with Gasteiger partial charge in [0.1, 0.15) is 5.82 Å². The van der Waals surface area contributed by atoms with Crippen LogP contribution in [0.3, 0.4) is 0 Å². The minimum atomic E-state index is -0.139. The van der Waals surface area contributed by atoms with Gasteiger partial charge in [0.15, 0.2) is 0 Å². The van der Waals surface area contributed by atoms with Gasteiger partial charge in [-0.1, -0.05) is 37.3 Å². The van der Waals surface area contributed by atoms with Crippen LogP contribution in [0.2, 0.25) is 0 Å². The fourth-order valence-corrected chi connectivity index (χ4v) is 1.51. The summed E-state index contributed by atoms with van der Waals surface area (Å²) < 4.78 is 13.2. The highest BCUT2D eigenvalue weighted by atomic mass is 19.1. The minimum Gasteiger partial charge on any atom is -0.206 e. The lowest BCUT2D eigenvalue weighted by atomic mass is 10.1. The average molecular weight is 174 g/mol. The maximum Gasteiger partial charge on any atom is 0.131 e. The van der Waals surface area contributed by atoms with E-state index in [2.05, 4.69) is 6.92 Å². The summed E-state index contributed by atoms with van der Waals surface area (Å²) in [5, 5.41) is 1.69. The Bertz CT molecular complexity index is 432. The van der Waals surface area contributed by atoms with Crippen LogP contribution >= 0.6 is 0 Å². The zero-order valence-electron chi connectivity index (χ0n) is 7.55. The lowest BCUT2D eigenvalue weighted by Gasteiger charge is -2.01. The van der Waals surface area contributed by atoms with Gasteiger partial charge < -0.3 is 0 Å². The third kappa shape index (κ3) is 1.42. The molecule has 0 N–H and O–H groups in total. The first kappa shape index (κ1) is 8.24. The Morgan fingerprint density at radius 2 is 2.00 bits per heavy atom. The molecule has 1 heteroatoms. The van der Waals surface area contributed by atoms with Crippen LogP contribution in [0.1, 0.15) is 12.5 Å². The third-order valence-electron chi connectivity index (χ3n) is 2.30. The number of hydrogen-bond acceptors (Lipinski definition) is 0. The molecule has 13 heavy (non-hydrogen) atoms. The van der Waals surface area contributed by atoms with Gasteiger partial charge in [0.2, 0.25) is 0 Å². The number of halogens is 1. The Hall–Kier alpha value is -1.37. The highest BCUT2D eigenvalue weighted by molar-refractivity contribution is 5.83. The number of rotatable bonds is 1. The molecule has 2 aromatic rings. The fourth-order valence-electron chi connectivity index (χ4n) is 1.51. The van der Waals surface area contributed by atoms with Gasteiger partial charge in [0.05, 0.1) is 0 Å². The van der Waals surface area contributed by atoms with E-state index in [4.69, 9.17) is 0 Å². The predicted octanol–water partition coefficient (Wildman–Crippen LogP) is 3.54. The summed E-state index contributed by atoms with van der Waals surface area (Å²) in [6.45, 7) is 2.10. The van der Waals surface area contributed by atoms with Crippen molar-refractivity contribution in [3.8, 4) is 0 Å². The monoisotopic (exact) mass is 174 g/mol. The normalized spacial score (nSPS) is 10.6. The molecule has 0 aliphatic carbocycles. The predicted molar refractivity (Wildman–Crippen MR) is 53.3 cm³/mol. The van der Waals surface area contributed by atoms with E-state index in [1.54, 1.807) is 6.07 Å². The zero-order valence-corrected chi connectivity index (χ0v) is 7.55. The van der Waals surface area contributed by atoms with E-state index in [1.165, 1.54) is 11.6 Å². The molecule has 0 unspecified atom stereocenters. The molecular formula is C12H11F. The molecule has 0 spiro atoms. The molecule has 0 amide bonds. The van der Waals surface area contributed by atoms with Crippen molar-refractivity contribution in [1.82, 2.24) is 0 Å². The van der Waals surface area contributed by atoms with Crippen molar-refractivity contribution >= 4 is 10.8 Å². The quantitative estimate of drug-likeness (QED) is 0.620. The Morgan fingerprint density at radius 1 is 1.15 bits per heavy atom. The van der Waals surface area contributed by atoms with E-state index >= 15 is 0 Å². The molecule has 0 bridgehead atoms. The second-order valence-electron chi connectivity index (χ2n) is 3.15. The van der Waals surface area contributed by atoms with Crippen molar-refractivity contribution in [2.75, 3.05) is 0 Å². The minimum absolute atomic E-state index is 0.139. The van der Waals surface area contributed by atoms with Crippen LogP contribution in [0.15, 0.2) is 36.4 Å². The van der Waals surface area contributed by atoms with Gasteiger partial charge in [-0.05, 0) is 23.4 Å². The standard InChI is InChI=1S/C12H11F/c1-2-9-6-7-11-10(8-9)4-3-5-12(11)13/h3-8H,2H2,1H3. The van der Waals surface area contributed by atoms with Crippen LogP contribution in [0, 0.1) is 5.82 Å². The van der Waals surface area contributed by atoms with Crippen molar-refractivity contribution in [3.63, 3.8) is 0 Å². The molecule has 66 valence electrons. The van der Waals surface area contributed by atoms with Crippen molar-refractivity contribution in [3.05, 3.63) is 47.8 Å². The van der Waals surface area contributed by atoms with E-state index in [0.29, 0.717) is 5.39 Å². The Balaban J connectivity index is 2.72. The topological polar surface area (TPSA) is 0 Å². The highest BCUT2D eigenvalue weighted by Gasteiger charge is 1.99. The second kappa shape index (κ2) is 3.17. The lowest BCUT2D eigenvalue weighted by molar-refractivity contribution is 0.640. The van der Waals surface area contributed by atoms with Gasteiger partial charge in [0, 0.05) is 5.39 Å². The number of benzene rings is 2. The number of aryl methyl sites for hydroxylation is 1. The van der Waals surface area contributed by atoms with Crippen LogP contribution in [0.5, 0.6) is 0 Å². The first-order valence-corrected chi connectivity index (χ1v) is 4.48. The van der Waals surface area contributed by atoms with Crippen molar-refractivity contribution < 1.29 is 4.39 Å². The van der Waals surface area contributed by atoms with Crippen LogP contribution in [0.25, 0.3) is 10.8 Å². The molecular weight excluding hydrogens is 163 g/mol. The van der Waals surface area contributed by atoms with Crippen molar-refractivity contribution in [2.24, 2.45) is 0 Å². The smallest absolute Gasteiger partial charge is 0.131 e. The molecule has 0 aliphatic rings. The molecule has 0 saturated heterocycles. The summed E-state index contributed by atoms with van der Waals surface area (Å²) in [6.07, 6.45) is 0.993. The Morgan fingerprint density at radius 3 is 2.77 bits per heavy atom. The first-order valence-electron chi connectivity index (χ1n) is 4.48. The maximum atomic E-state index is 13.2. The zero-order chi connectivity index (χ0) is 9.26. The van der Waals surface area contributed by atoms with Gasteiger partial charge in [-0.15, -0.1) is 0 Å². The summed E-state index contributed by atoms with van der Waals surface area (Å²) in [5.41, 5.74) is 1.25. The lowest BCUT2D eigenvalue weighted by Crippen LogP contribution is -1.82. The van der Waals surface area contributed by atoms with Gasteiger partial charge in [0.25, 0.3) is 0 Å². The summed E-state index contributed by atoms with van der Waals surface area (Å²) in [4.78, 5) is 0. The molecule has 0 aliphatic heterocycles. The molecule has 0 saturated carbocycles. The SMILES string of the molecule is CCc1ccc2c(F)cccc2c1. The van der Waals surface area contributed by atoms with E-state index < -0.39 is 0 Å². The molecule has 0 nitrogen and oxygen atoms in total. The number of fused-ring (bicyclic) bond motifs is 1. The summed E-state index contributed by atoms with van der Waals surface area (Å²) >= 11 is 0. The van der Waals surface area contributed by atoms with Crippen LogP contribution in [0.4, 0.5) is 4.39 Å². The first-order chi connectivity index (χ1) is 6.31. The molecule has 2 aromatic carbocycles. The van der Waals surface area contributed by atoms with E-state index in [9.17, 15) is 4.39 Å². The van der Waals surface area contributed by atoms with Crippen LogP contribution in [-0.4, -0.2) is 0 Å². The Labute approximate surface area is 77.0 Å². The van der Waals surface area contributed by atoms with Gasteiger partial charge in [-0.25, -0.2) is 4.39 Å². The van der Waals surface area contributed by atoms with Crippen LogP contribution in [-0.2, 0) is 6.42 Å². The molecule has 2 rings (SSSR count). The van der Waals surface area contributed by atoms with E-state index in [1.807, 2.05) is 24.3 Å². The Kier molecular flexibility index (Phi) is 2.01. The molecule has 0 radical (unpaired) electrons. The van der Waals surface area contributed by atoms with Gasteiger partial charge in [-0.2, -0.15) is 0 Å². The fraction of sp³-hybridized carbons (Fsp3) is 0.167. The van der Waals surface area contributed by atoms with E-state index in [-0.39, 0.29) is 5.82 Å². The summed E-state index contributed by atoms with van der Waals surface area (Å²) in [5.74, 6) is -0.139. The number of hydrogen-bond donors (Lipinski definition) is 0. The summed E-state index contributed by atoms with van der Waals surface area (Å²) in [6, 6.07) is 11.1. The van der Waals surface area contributed by atoms with Crippen LogP contribution < -0.4 is 0 Å². The second-order valence-corrected chi connectivity index (χ2v) is 3.15. The largest absolute Gasteiger partial charge is 0.206 e. The third-order valence-corrected chi connectivity index (χ3v) is 2.30.